The van der Waals surface area contributed by atoms with Crippen LogP contribution in [0.3, 0.4) is 0 Å². The summed E-state index contributed by atoms with van der Waals surface area (Å²) in [5.74, 6) is 0.101. The van der Waals surface area contributed by atoms with E-state index in [-0.39, 0.29) is 0 Å². The first-order valence-corrected chi connectivity index (χ1v) is 5.06. The topological polar surface area (TPSA) is 52.3 Å². The van der Waals surface area contributed by atoms with Gasteiger partial charge in [-0.2, -0.15) is 0 Å². The fraction of sp³-hybridized carbons (Fsp3) is 0.0769. The van der Waals surface area contributed by atoms with Gasteiger partial charge in [0.2, 0.25) is 5.89 Å². The molecule has 1 aromatic carbocycles. The summed E-state index contributed by atoms with van der Waals surface area (Å²) in [6, 6.07) is 9.54. The van der Waals surface area contributed by atoms with E-state index in [0.717, 1.165) is 5.56 Å². The van der Waals surface area contributed by atoms with Gasteiger partial charge >= 0.3 is 5.97 Å². The van der Waals surface area contributed by atoms with Gasteiger partial charge in [0.15, 0.2) is 0 Å². The molecule has 4 nitrogen and oxygen atoms in total. The Hall–Kier alpha value is -2.36. The Morgan fingerprint density at radius 1 is 1.35 bits per heavy atom. The van der Waals surface area contributed by atoms with Gasteiger partial charge in [0.05, 0.1) is 7.11 Å². The van der Waals surface area contributed by atoms with Crippen molar-refractivity contribution in [2.45, 2.75) is 0 Å². The number of benzene rings is 1. The van der Waals surface area contributed by atoms with Crippen molar-refractivity contribution in [2.75, 3.05) is 7.11 Å². The molecule has 0 N–H and O–H groups in total. The average Bonchev–Trinajstić information content (AvgIpc) is 2.86. The molecule has 0 saturated heterocycles. The van der Waals surface area contributed by atoms with Gasteiger partial charge in [-0.25, -0.2) is 9.78 Å². The predicted octanol–water partition coefficient (Wildman–Crippen LogP) is 2.53. The number of carbonyl (C=O) groups is 1. The largest absolute Gasteiger partial charge is 0.466 e. The standard InChI is InChI=1S/C13H11NO3/c1-16-12(15)8-7-11-9-17-13(14-11)10-5-3-2-4-6-10/h2-9H,1H3/b8-7+. The van der Waals surface area contributed by atoms with Crippen molar-refractivity contribution < 1.29 is 13.9 Å². The number of ether oxygens (including phenoxy) is 1. The SMILES string of the molecule is COC(=O)/C=C/c1coc(-c2ccccc2)n1. The number of rotatable bonds is 3. The molecule has 0 atom stereocenters. The summed E-state index contributed by atoms with van der Waals surface area (Å²) in [7, 11) is 1.32. The highest BCUT2D eigenvalue weighted by atomic mass is 16.5. The smallest absolute Gasteiger partial charge is 0.330 e. The van der Waals surface area contributed by atoms with Crippen LogP contribution < -0.4 is 0 Å². The molecule has 0 aliphatic carbocycles. The number of aromatic nitrogens is 1. The first kappa shape index (κ1) is 11.1. The van der Waals surface area contributed by atoms with Crippen molar-refractivity contribution in [1.82, 2.24) is 4.98 Å². The van der Waals surface area contributed by atoms with Gasteiger partial charge < -0.3 is 9.15 Å². The summed E-state index contributed by atoms with van der Waals surface area (Å²) in [5.41, 5.74) is 1.47. The Morgan fingerprint density at radius 3 is 2.82 bits per heavy atom. The predicted molar refractivity (Wildman–Crippen MR) is 63.0 cm³/mol. The van der Waals surface area contributed by atoms with Crippen LogP contribution in [0.15, 0.2) is 47.1 Å². The van der Waals surface area contributed by atoms with Gasteiger partial charge in [-0.05, 0) is 18.2 Å². The highest BCUT2D eigenvalue weighted by Gasteiger charge is 2.04. The van der Waals surface area contributed by atoms with Crippen LogP contribution in [-0.2, 0) is 9.53 Å². The third kappa shape index (κ3) is 2.81. The Balaban J connectivity index is 2.17. The zero-order valence-electron chi connectivity index (χ0n) is 9.29. The van der Waals surface area contributed by atoms with Crippen LogP contribution in [0.1, 0.15) is 5.69 Å². The molecule has 0 unspecified atom stereocenters. The van der Waals surface area contributed by atoms with E-state index in [2.05, 4.69) is 9.72 Å². The molecule has 0 bridgehead atoms. The Labute approximate surface area is 98.5 Å². The minimum Gasteiger partial charge on any atom is -0.466 e. The fourth-order valence-corrected chi connectivity index (χ4v) is 1.30. The minimum absolute atomic E-state index is 0.422. The number of hydrogen-bond donors (Lipinski definition) is 0. The molecule has 1 heterocycles. The molecule has 0 spiro atoms. The number of nitrogens with zero attached hydrogens (tertiary/aromatic N) is 1. The lowest BCUT2D eigenvalue weighted by molar-refractivity contribution is -0.134. The molecule has 0 saturated carbocycles. The number of methoxy groups -OCH3 is 1. The van der Waals surface area contributed by atoms with Gasteiger partial charge in [-0.3, -0.25) is 0 Å². The molecule has 0 aliphatic rings. The number of oxazole rings is 1. The monoisotopic (exact) mass is 229 g/mol. The van der Waals surface area contributed by atoms with Crippen molar-refractivity contribution >= 4 is 12.0 Å². The van der Waals surface area contributed by atoms with Gasteiger partial charge in [0.1, 0.15) is 12.0 Å². The molecular weight excluding hydrogens is 218 g/mol. The summed E-state index contributed by atoms with van der Waals surface area (Å²) in [6.07, 6.45) is 4.33. The van der Waals surface area contributed by atoms with E-state index < -0.39 is 5.97 Å². The van der Waals surface area contributed by atoms with Gasteiger partial charge in [0, 0.05) is 11.6 Å². The van der Waals surface area contributed by atoms with E-state index in [1.54, 1.807) is 6.08 Å². The van der Waals surface area contributed by atoms with E-state index in [4.69, 9.17) is 4.42 Å². The van der Waals surface area contributed by atoms with Crippen molar-refractivity contribution in [2.24, 2.45) is 0 Å². The van der Waals surface area contributed by atoms with E-state index in [1.807, 2.05) is 30.3 Å². The summed E-state index contributed by atoms with van der Waals surface area (Å²) >= 11 is 0. The van der Waals surface area contributed by atoms with Crippen LogP contribution in [0.2, 0.25) is 0 Å². The molecule has 0 amide bonds. The maximum Gasteiger partial charge on any atom is 0.330 e. The molecule has 2 aromatic rings. The van der Waals surface area contributed by atoms with Gasteiger partial charge in [-0.1, -0.05) is 18.2 Å². The molecule has 4 heteroatoms. The summed E-state index contributed by atoms with van der Waals surface area (Å²) in [6.45, 7) is 0. The van der Waals surface area contributed by atoms with E-state index in [9.17, 15) is 4.79 Å². The van der Waals surface area contributed by atoms with E-state index in [1.165, 1.54) is 19.4 Å². The lowest BCUT2D eigenvalue weighted by Gasteiger charge is -1.91. The second-order valence-corrected chi connectivity index (χ2v) is 3.30. The van der Waals surface area contributed by atoms with Crippen LogP contribution in [0.25, 0.3) is 17.5 Å². The molecular formula is C13H11NO3. The second kappa shape index (κ2) is 5.12. The van der Waals surface area contributed by atoms with Crippen LogP contribution in [0.4, 0.5) is 0 Å². The highest BCUT2D eigenvalue weighted by molar-refractivity contribution is 5.86. The van der Waals surface area contributed by atoms with Crippen LogP contribution in [-0.4, -0.2) is 18.1 Å². The first-order chi connectivity index (χ1) is 8.29. The third-order valence-electron chi connectivity index (χ3n) is 2.13. The molecule has 1 aromatic heterocycles. The maximum absolute atomic E-state index is 10.9. The highest BCUT2D eigenvalue weighted by Crippen LogP contribution is 2.18. The normalized spacial score (nSPS) is 10.6. The van der Waals surface area contributed by atoms with E-state index >= 15 is 0 Å². The van der Waals surface area contributed by atoms with Gasteiger partial charge in [0.25, 0.3) is 0 Å². The zero-order chi connectivity index (χ0) is 12.1. The lowest BCUT2D eigenvalue weighted by atomic mass is 10.2. The third-order valence-corrected chi connectivity index (χ3v) is 2.13. The van der Waals surface area contributed by atoms with E-state index in [0.29, 0.717) is 11.6 Å². The molecule has 0 fully saturated rings. The quantitative estimate of drug-likeness (QED) is 0.599. The van der Waals surface area contributed by atoms with Crippen molar-refractivity contribution in [3.8, 4) is 11.5 Å². The average molecular weight is 229 g/mol. The Bertz CT molecular complexity index is 529. The molecule has 0 aliphatic heterocycles. The Morgan fingerprint density at radius 2 is 2.12 bits per heavy atom. The zero-order valence-corrected chi connectivity index (χ0v) is 9.29. The second-order valence-electron chi connectivity index (χ2n) is 3.30. The molecule has 17 heavy (non-hydrogen) atoms. The molecule has 2 rings (SSSR count). The summed E-state index contributed by atoms with van der Waals surface area (Å²) in [5, 5.41) is 0. The first-order valence-electron chi connectivity index (χ1n) is 5.06. The van der Waals surface area contributed by atoms with Crippen molar-refractivity contribution in [3.05, 3.63) is 48.4 Å². The van der Waals surface area contributed by atoms with Crippen LogP contribution in [0, 0.1) is 0 Å². The number of hydrogen-bond acceptors (Lipinski definition) is 4. The van der Waals surface area contributed by atoms with Crippen molar-refractivity contribution in [3.63, 3.8) is 0 Å². The number of esters is 1. The van der Waals surface area contributed by atoms with Crippen molar-refractivity contribution in [1.29, 1.82) is 0 Å². The minimum atomic E-state index is -0.422. The lowest BCUT2D eigenvalue weighted by Crippen LogP contribution is -1.93. The molecule has 0 radical (unpaired) electrons. The van der Waals surface area contributed by atoms with Crippen LogP contribution in [0.5, 0.6) is 0 Å². The number of carbonyl (C=O) groups excluding carboxylic acids is 1. The molecule has 86 valence electrons. The van der Waals surface area contributed by atoms with Crippen LogP contribution >= 0.6 is 0 Å². The van der Waals surface area contributed by atoms with Gasteiger partial charge in [-0.15, -0.1) is 0 Å². The summed E-state index contributed by atoms with van der Waals surface area (Å²) < 4.78 is 9.78. The Kier molecular flexibility index (Phi) is 3.35. The fourth-order valence-electron chi connectivity index (χ4n) is 1.30. The summed E-state index contributed by atoms with van der Waals surface area (Å²) in [4.78, 5) is 15.1. The maximum atomic E-state index is 10.9.